The van der Waals surface area contributed by atoms with E-state index in [1.165, 1.54) is 5.56 Å². The van der Waals surface area contributed by atoms with Crippen molar-refractivity contribution in [3.05, 3.63) is 77.6 Å². The van der Waals surface area contributed by atoms with Gasteiger partial charge in [0, 0.05) is 18.4 Å². The second-order valence-electron chi connectivity index (χ2n) is 7.75. The fraction of sp³-hybridized carbons (Fsp3) is 0.261. The Kier molecular flexibility index (Phi) is 6.12. The molecule has 0 spiro atoms. The normalized spacial score (nSPS) is 11.0. The molecule has 0 fully saturated rings. The molecule has 0 atom stereocenters. The van der Waals surface area contributed by atoms with E-state index in [0.29, 0.717) is 18.2 Å². The number of rotatable bonds is 6. The van der Waals surface area contributed by atoms with Gasteiger partial charge in [-0.3, -0.25) is 4.79 Å². The Balaban J connectivity index is 1.62. The molecule has 1 heterocycles. The highest BCUT2D eigenvalue weighted by atomic mass is 16.5. The van der Waals surface area contributed by atoms with Crippen molar-refractivity contribution in [1.82, 2.24) is 9.97 Å². The number of hydrogen-bond donors (Lipinski definition) is 2. The Morgan fingerprint density at radius 3 is 2.31 bits per heavy atom. The zero-order chi connectivity index (χ0) is 20.9. The highest BCUT2D eigenvalue weighted by Gasteiger charge is 2.14. The van der Waals surface area contributed by atoms with Crippen LogP contribution in [0.2, 0.25) is 0 Å². The van der Waals surface area contributed by atoms with Crippen molar-refractivity contribution in [3.63, 3.8) is 0 Å². The lowest BCUT2D eigenvalue weighted by atomic mass is 9.87. The van der Waals surface area contributed by atoms with Crippen LogP contribution in [0.1, 0.15) is 42.4 Å². The van der Waals surface area contributed by atoms with Gasteiger partial charge in [0.2, 0.25) is 5.95 Å². The summed E-state index contributed by atoms with van der Waals surface area (Å²) >= 11 is 0. The molecule has 0 aliphatic heterocycles. The van der Waals surface area contributed by atoms with Gasteiger partial charge in [0.05, 0.1) is 7.11 Å². The van der Waals surface area contributed by atoms with E-state index in [1.807, 2.05) is 48.5 Å². The number of benzene rings is 2. The topological polar surface area (TPSA) is 76.1 Å². The third-order valence-corrected chi connectivity index (χ3v) is 4.51. The van der Waals surface area contributed by atoms with Gasteiger partial charge in [-0.25, -0.2) is 9.97 Å². The van der Waals surface area contributed by atoms with Gasteiger partial charge in [-0.2, -0.15) is 0 Å². The van der Waals surface area contributed by atoms with Crippen molar-refractivity contribution in [2.45, 2.75) is 32.7 Å². The monoisotopic (exact) mass is 390 g/mol. The van der Waals surface area contributed by atoms with Gasteiger partial charge >= 0.3 is 0 Å². The number of nitrogens with one attached hydrogen (secondary N) is 2. The lowest BCUT2D eigenvalue weighted by molar-refractivity contribution is 0.102. The molecule has 2 N–H and O–H groups in total. The molecule has 0 aliphatic carbocycles. The minimum Gasteiger partial charge on any atom is -0.497 e. The maximum absolute atomic E-state index is 12.5. The van der Waals surface area contributed by atoms with Crippen LogP contribution >= 0.6 is 0 Å². The third-order valence-electron chi connectivity index (χ3n) is 4.51. The molecule has 6 heteroatoms. The van der Waals surface area contributed by atoms with Crippen LogP contribution in [-0.4, -0.2) is 23.0 Å². The van der Waals surface area contributed by atoms with Gasteiger partial charge in [0.15, 0.2) is 0 Å². The summed E-state index contributed by atoms with van der Waals surface area (Å²) in [5.41, 5.74) is 3.37. The minimum absolute atomic E-state index is 0.0691. The molecule has 1 amide bonds. The van der Waals surface area contributed by atoms with Gasteiger partial charge in [-0.15, -0.1) is 0 Å². The van der Waals surface area contributed by atoms with Gasteiger partial charge in [-0.05, 0) is 46.9 Å². The molecule has 0 saturated heterocycles. The summed E-state index contributed by atoms with van der Waals surface area (Å²) in [5.74, 6) is 0.930. The lowest BCUT2D eigenvalue weighted by Gasteiger charge is -2.19. The second kappa shape index (κ2) is 8.73. The average molecular weight is 390 g/mol. The number of nitrogens with zero attached hydrogens (tertiary/aromatic N) is 2. The molecule has 1 aromatic heterocycles. The fourth-order valence-electron chi connectivity index (χ4n) is 2.74. The Bertz CT molecular complexity index is 961. The standard InChI is InChI=1S/C23H26N4O2/c1-23(2,3)17-7-9-18(10-8-17)26-21(28)20-13-14-24-22(27-20)25-15-16-5-11-19(29-4)12-6-16/h5-14H,15H2,1-4H3,(H,26,28)(H,24,25,27). The molecule has 3 aromatic rings. The van der Waals surface area contributed by atoms with E-state index in [0.717, 1.165) is 17.0 Å². The van der Waals surface area contributed by atoms with Crippen LogP contribution in [0.5, 0.6) is 5.75 Å². The SMILES string of the molecule is COc1ccc(CNc2nccc(C(=O)Nc3ccc(C(C)(C)C)cc3)n2)cc1. The van der Waals surface area contributed by atoms with Gasteiger partial charge in [0.1, 0.15) is 11.4 Å². The molecule has 0 radical (unpaired) electrons. The first kappa shape index (κ1) is 20.3. The number of aromatic nitrogens is 2. The molecular weight excluding hydrogens is 364 g/mol. The predicted octanol–water partition coefficient (Wildman–Crippen LogP) is 4.65. The Morgan fingerprint density at radius 1 is 1.00 bits per heavy atom. The van der Waals surface area contributed by atoms with Crippen LogP contribution in [0.3, 0.4) is 0 Å². The fourth-order valence-corrected chi connectivity index (χ4v) is 2.74. The smallest absolute Gasteiger partial charge is 0.274 e. The largest absolute Gasteiger partial charge is 0.497 e. The van der Waals surface area contributed by atoms with Crippen LogP contribution in [0, 0.1) is 0 Å². The molecular formula is C23H26N4O2. The summed E-state index contributed by atoms with van der Waals surface area (Å²) in [6.45, 7) is 7.01. The van der Waals surface area contributed by atoms with Crippen LogP contribution in [0.15, 0.2) is 60.8 Å². The van der Waals surface area contributed by atoms with Crippen LogP contribution in [0.25, 0.3) is 0 Å². The quantitative estimate of drug-likeness (QED) is 0.641. The zero-order valence-corrected chi connectivity index (χ0v) is 17.2. The summed E-state index contributed by atoms with van der Waals surface area (Å²) in [5, 5.41) is 6.02. The van der Waals surface area contributed by atoms with Crippen LogP contribution in [0.4, 0.5) is 11.6 Å². The zero-order valence-electron chi connectivity index (χ0n) is 17.2. The van der Waals surface area contributed by atoms with Crippen molar-refractivity contribution >= 4 is 17.5 Å². The molecule has 150 valence electrons. The summed E-state index contributed by atoms with van der Waals surface area (Å²) in [6, 6.07) is 17.2. The van der Waals surface area contributed by atoms with Gasteiger partial charge < -0.3 is 15.4 Å². The number of carbonyl (C=O) groups is 1. The van der Waals surface area contributed by atoms with Crippen LogP contribution < -0.4 is 15.4 Å². The Labute approximate surface area is 171 Å². The third kappa shape index (κ3) is 5.54. The van der Waals surface area contributed by atoms with Crippen molar-refractivity contribution < 1.29 is 9.53 Å². The maximum atomic E-state index is 12.5. The van der Waals surface area contributed by atoms with E-state index in [4.69, 9.17) is 4.74 Å². The second-order valence-corrected chi connectivity index (χ2v) is 7.75. The Morgan fingerprint density at radius 2 is 1.69 bits per heavy atom. The molecule has 3 rings (SSSR count). The molecule has 29 heavy (non-hydrogen) atoms. The number of anilines is 2. The first-order valence-electron chi connectivity index (χ1n) is 9.47. The molecule has 2 aromatic carbocycles. The van der Waals surface area contributed by atoms with Crippen molar-refractivity contribution in [3.8, 4) is 5.75 Å². The number of ether oxygens (including phenoxy) is 1. The average Bonchev–Trinajstić information content (AvgIpc) is 2.72. The van der Waals surface area contributed by atoms with Crippen molar-refractivity contribution in [1.29, 1.82) is 0 Å². The molecule has 0 saturated carbocycles. The maximum Gasteiger partial charge on any atom is 0.274 e. The van der Waals surface area contributed by atoms with Crippen molar-refractivity contribution in [2.75, 3.05) is 17.7 Å². The highest BCUT2D eigenvalue weighted by Crippen LogP contribution is 2.23. The number of carbonyl (C=O) groups excluding carboxylic acids is 1. The van der Waals surface area contributed by atoms with E-state index in [1.54, 1.807) is 19.4 Å². The minimum atomic E-state index is -0.275. The van der Waals surface area contributed by atoms with E-state index in [9.17, 15) is 4.79 Å². The molecule has 6 nitrogen and oxygen atoms in total. The van der Waals surface area contributed by atoms with Crippen LogP contribution in [-0.2, 0) is 12.0 Å². The van der Waals surface area contributed by atoms with E-state index in [2.05, 4.69) is 41.4 Å². The first-order valence-corrected chi connectivity index (χ1v) is 9.47. The number of hydrogen-bond acceptors (Lipinski definition) is 5. The van der Waals surface area contributed by atoms with E-state index >= 15 is 0 Å². The summed E-state index contributed by atoms with van der Waals surface area (Å²) in [4.78, 5) is 21.1. The predicted molar refractivity (Wildman–Crippen MR) is 115 cm³/mol. The number of amides is 1. The van der Waals surface area contributed by atoms with Gasteiger partial charge in [-0.1, -0.05) is 45.0 Å². The summed E-state index contributed by atoms with van der Waals surface area (Å²) < 4.78 is 5.16. The lowest BCUT2D eigenvalue weighted by Crippen LogP contribution is -2.16. The summed E-state index contributed by atoms with van der Waals surface area (Å²) in [6.07, 6.45) is 1.57. The van der Waals surface area contributed by atoms with E-state index in [-0.39, 0.29) is 11.3 Å². The first-order chi connectivity index (χ1) is 13.8. The highest BCUT2D eigenvalue weighted by molar-refractivity contribution is 6.02. The van der Waals surface area contributed by atoms with Crippen molar-refractivity contribution in [2.24, 2.45) is 0 Å². The van der Waals surface area contributed by atoms with Gasteiger partial charge in [0.25, 0.3) is 5.91 Å². The van der Waals surface area contributed by atoms with E-state index < -0.39 is 0 Å². The summed E-state index contributed by atoms with van der Waals surface area (Å²) in [7, 11) is 1.64. The number of methoxy groups -OCH3 is 1. The molecule has 0 aliphatic rings. The molecule has 0 unspecified atom stereocenters. The molecule has 0 bridgehead atoms. The Hall–Kier alpha value is -3.41.